The van der Waals surface area contributed by atoms with Crippen molar-refractivity contribution in [1.29, 1.82) is 0 Å². The fourth-order valence-corrected chi connectivity index (χ4v) is 1.83. The lowest BCUT2D eigenvalue weighted by Gasteiger charge is -2.09. The molecule has 0 aliphatic carbocycles. The molecule has 1 N–H and O–H groups in total. The van der Waals surface area contributed by atoms with Gasteiger partial charge in [0.05, 0.1) is 13.2 Å². The van der Waals surface area contributed by atoms with Crippen LogP contribution in [0.4, 0.5) is 11.7 Å². The van der Waals surface area contributed by atoms with E-state index in [1.165, 1.54) is 0 Å². The van der Waals surface area contributed by atoms with E-state index in [1.807, 2.05) is 18.2 Å². The van der Waals surface area contributed by atoms with E-state index in [9.17, 15) is 0 Å². The van der Waals surface area contributed by atoms with Gasteiger partial charge >= 0.3 is 6.01 Å². The van der Waals surface area contributed by atoms with Crippen molar-refractivity contribution in [1.82, 2.24) is 10.2 Å². The third kappa shape index (κ3) is 2.73. The highest BCUT2D eigenvalue weighted by molar-refractivity contribution is 6.16. The van der Waals surface area contributed by atoms with Gasteiger partial charge in [0, 0.05) is 18.2 Å². The van der Waals surface area contributed by atoms with Crippen LogP contribution >= 0.6 is 11.6 Å². The predicted molar refractivity (Wildman–Crippen MR) is 69.2 cm³/mol. The molecule has 0 saturated carbocycles. The number of hydrogen-bond donors (Lipinski definition) is 1. The summed E-state index contributed by atoms with van der Waals surface area (Å²) < 4.78 is 16.4. The molecule has 0 unspecified atom stereocenters. The monoisotopic (exact) mass is 281 g/mol. The third-order valence-corrected chi connectivity index (χ3v) is 2.81. The van der Waals surface area contributed by atoms with E-state index >= 15 is 0 Å². The molecular formula is C12H12ClN3O3. The molecule has 1 aromatic heterocycles. The molecule has 0 radical (unpaired) electrons. The van der Waals surface area contributed by atoms with E-state index in [1.54, 1.807) is 0 Å². The van der Waals surface area contributed by atoms with Crippen LogP contribution in [0.3, 0.4) is 0 Å². The summed E-state index contributed by atoms with van der Waals surface area (Å²) >= 11 is 5.60. The molecule has 0 amide bonds. The maximum atomic E-state index is 5.60. The van der Waals surface area contributed by atoms with Gasteiger partial charge in [-0.15, -0.1) is 16.7 Å². The number of anilines is 2. The SMILES string of the molecule is ClCc1nnc(Nc2ccc3c(c2)OCCCO3)o1. The summed E-state index contributed by atoms with van der Waals surface area (Å²) in [6.07, 6.45) is 0.875. The van der Waals surface area contributed by atoms with Crippen LogP contribution in [0.15, 0.2) is 22.6 Å². The van der Waals surface area contributed by atoms with E-state index in [0.29, 0.717) is 30.9 Å². The topological polar surface area (TPSA) is 69.4 Å². The van der Waals surface area contributed by atoms with Crippen LogP contribution in [0.5, 0.6) is 11.5 Å². The maximum Gasteiger partial charge on any atom is 0.320 e. The van der Waals surface area contributed by atoms with Crippen LogP contribution in [0.1, 0.15) is 12.3 Å². The smallest absolute Gasteiger partial charge is 0.320 e. The first-order valence-electron chi connectivity index (χ1n) is 5.90. The zero-order valence-electron chi connectivity index (χ0n) is 10.1. The Morgan fingerprint density at radius 2 is 2.00 bits per heavy atom. The van der Waals surface area contributed by atoms with E-state index in [2.05, 4.69) is 15.5 Å². The highest BCUT2D eigenvalue weighted by Gasteiger charge is 2.12. The third-order valence-electron chi connectivity index (χ3n) is 2.58. The van der Waals surface area contributed by atoms with Crippen LogP contribution in [-0.4, -0.2) is 23.4 Å². The second kappa shape index (κ2) is 5.36. The average Bonchev–Trinajstić information content (AvgIpc) is 2.75. The largest absolute Gasteiger partial charge is 0.490 e. The Balaban J connectivity index is 1.79. The number of hydrogen-bond acceptors (Lipinski definition) is 6. The summed E-state index contributed by atoms with van der Waals surface area (Å²) in [5.74, 6) is 2.02. The maximum absolute atomic E-state index is 5.60. The number of ether oxygens (including phenoxy) is 2. The predicted octanol–water partition coefficient (Wildman–Crippen LogP) is 2.71. The summed E-state index contributed by atoms with van der Waals surface area (Å²) in [7, 11) is 0. The van der Waals surface area contributed by atoms with Gasteiger partial charge in [-0.1, -0.05) is 5.10 Å². The quantitative estimate of drug-likeness (QED) is 0.873. The minimum absolute atomic E-state index is 0.190. The van der Waals surface area contributed by atoms with Crippen molar-refractivity contribution in [3.63, 3.8) is 0 Å². The van der Waals surface area contributed by atoms with Crippen LogP contribution < -0.4 is 14.8 Å². The molecule has 0 bridgehead atoms. The molecule has 1 aliphatic heterocycles. The molecule has 0 fully saturated rings. The Kier molecular flexibility index (Phi) is 3.41. The zero-order chi connectivity index (χ0) is 13.1. The van der Waals surface area contributed by atoms with E-state index in [0.717, 1.165) is 17.9 Å². The molecule has 0 spiro atoms. The van der Waals surface area contributed by atoms with Gasteiger partial charge in [0.1, 0.15) is 5.88 Å². The van der Waals surface area contributed by atoms with E-state index in [4.69, 9.17) is 25.5 Å². The molecule has 0 saturated heterocycles. The molecular weight excluding hydrogens is 270 g/mol. The fourth-order valence-electron chi connectivity index (χ4n) is 1.72. The minimum Gasteiger partial charge on any atom is -0.490 e. The molecule has 2 aromatic rings. The summed E-state index contributed by atoms with van der Waals surface area (Å²) in [4.78, 5) is 0. The van der Waals surface area contributed by atoms with E-state index < -0.39 is 0 Å². The Morgan fingerprint density at radius 3 is 2.79 bits per heavy atom. The van der Waals surface area contributed by atoms with Gasteiger partial charge in [-0.2, -0.15) is 0 Å². The number of benzene rings is 1. The molecule has 7 heteroatoms. The first kappa shape index (κ1) is 12.1. The van der Waals surface area contributed by atoms with Crippen molar-refractivity contribution in [2.75, 3.05) is 18.5 Å². The number of halogens is 1. The number of fused-ring (bicyclic) bond motifs is 1. The lowest BCUT2D eigenvalue weighted by Crippen LogP contribution is -1.97. The number of rotatable bonds is 3. The molecule has 2 heterocycles. The van der Waals surface area contributed by atoms with Crippen molar-refractivity contribution in [3.8, 4) is 11.5 Å². The van der Waals surface area contributed by atoms with Gasteiger partial charge in [-0.25, -0.2) is 0 Å². The Morgan fingerprint density at radius 1 is 1.16 bits per heavy atom. The summed E-state index contributed by atoms with van der Waals surface area (Å²) in [5.41, 5.74) is 0.786. The molecule has 19 heavy (non-hydrogen) atoms. The number of aromatic nitrogens is 2. The average molecular weight is 282 g/mol. The van der Waals surface area contributed by atoms with Crippen LogP contribution in [0.25, 0.3) is 0 Å². The molecule has 1 aromatic carbocycles. The molecule has 3 rings (SSSR count). The first-order valence-corrected chi connectivity index (χ1v) is 6.43. The number of nitrogens with one attached hydrogen (secondary N) is 1. The summed E-state index contributed by atoms with van der Waals surface area (Å²) in [5, 5.41) is 10.6. The van der Waals surface area contributed by atoms with Crippen molar-refractivity contribution in [3.05, 3.63) is 24.1 Å². The van der Waals surface area contributed by atoms with Gasteiger partial charge in [0.25, 0.3) is 0 Å². The molecule has 6 nitrogen and oxygen atoms in total. The molecule has 1 aliphatic rings. The van der Waals surface area contributed by atoms with Crippen molar-refractivity contribution in [2.24, 2.45) is 0 Å². The highest BCUT2D eigenvalue weighted by atomic mass is 35.5. The summed E-state index contributed by atoms with van der Waals surface area (Å²) in [6.45, 7) is 1.32. The number of alkyl halides is 1. The van der Waals surface area contributed by atoms with Crippen molar-refractivity contribution < 1.29 is 13.9 Å². The van der Waals surface area contributed by atoms with E-state index in [-0.39, 0.29) is 5.88 Å². The minimum atomic E-state index is 0.190. The lowest BCUT2D eigenvalue weighted by atomic mass is 10.3. The standard InChI is InChI=1S/C12H12ClN3O3/c13-7-11-15-16-12(19-11)14-8-2-3-9-10(6-8)18-5-1-4-17-9/h2-3,6H,1,4-5,7H2,(H,14,16). The Labute approximate surface area is 114 Å². The van der Waals surface area contributed by atoms with Gasteiger partial charge in [0.2, 0.25) is 5.89 Å². The fraction of sp³-hybridized carbons (Fsp3) is 0.333. The van der Waals surface area contributed by atoms with Gasteiger partial charge in [-0.3, -0.25) is 0 Å². The van der Waals surface area contributed by atoms with Crippen LogP contribution in [0.2, 0.25) is 0 Å². The lowest BCUT2D eigenvalue weighted by molar-refractivity contribution is 0.297. The normalized spacial score (nSPS) is 13.9. The van der Waals surface area contributed by atoms with Crippen LogP contribution in [-0.2, 0) is 5.88 Å². The summed E-state index contributed by atoms with van der Waals surface area (Å²) in [6, 6.07) is 5.84. The van der Waals surface area contributed by atoms with Crippen molar-refractivity contribution in [2.45, 2.75) is 12.3 Å². The second-order valence-corrected chi connectivity index (χ2v) is 4.24. The molecule has 0 atom stereocenters. The first-order chi connectivity index (χ1) is 9.35. The van der Waals surface area contributed by atoms with Gasteiger partial charge in [0.15, 0.2) is 11.5 Å². The Bertz CT molecular complexity index is 573. The Hall–Kier alpha value is -1.95. The van der Waals surface area contributed by atoms with Crippen molar-refractivity contribution >= 4 is 23.3 Å². The van der Waals surface area contributed by atoms with Gasteiger partial charge < -0.3 is 19.2 Å². The number of nitrogens with zero attached hydrogens (tertiary/aromatic N) is 2. The molecule has 100 valence electrons. The van der Waals surface area contributed by atoms with Crippen LogP contribution in [0, 0.1) is 0 Å². The second-order valence-electron chi connectivity index (χ2n) is 3.97. The van der Waals surface area contributed by atoms with Gasteiger partial charge in [-0.05, 0) is 12.1 Å². The highest BCUT2D eigenvalue weighted by Crippen LogP contribution is 2.33. The zero-order valence-corrected chi connectivity index (χ0v) is 10.8.